The van der Waals surface area contributed by atoms with Gasteiger partial charge in [0.1, 0.15) is 5.75 Å². The highest BCUT2D eigenvalue weighted by Crippen LogP contribution is 2.15. The number of carbonyl (C=O) groups excluding carboxylic acids is 1. The van der Waals surface area contributed by atoms with E-state index in [2.05, 4.69) is 10.2 Å². The molecule has 0 aliphatic rings. The Morgan fingerprint density at radius 2 is 2.00 bits per heavy atom. The Balaban J connectivity index is 2.29. The summed E-state index contributed by atoms with van der Waals surface area (Å²) in [7, 11) is 4.08. The largest absolute Gasteiger partial charge is 0.494 e. The average molecular weight is 222 g/mol. The lowest BCUT2D eigenvalue weighted by Gasteiger charge is -2.10. The van der Waals surface area contributed by atoms with Crippen LogP contribution in [0.15, 0.2) is 24.3 Å². The van der Waals surface area contributed by atoms with Crippen LogP contribution in [-0.2, 0) is 4.79 Å². The molecule has 4 heteroatoms. The maximum atomic E-state index is 10.2. The van der Waals surface area contributed by atoms with Gasteiger partial charge in [-0.15, -0.1) is 0 Å². The molecule has 0 aliphatic carbocycles. The van der Waals surface area contributed by atoms with Crippen molar-refractivity contribution in [2.75, 3.05) is 32.6 Å². The van der Waals surface area contributed by atoms with Gasteiger partial charge >= 0.3 is 0 Å². The van der Waals surface area contributed by atoms with Crippen molar-refractivity contribution in [3.8, 4) is 5.75 Å². The molecule has 1 aromatic carbocycles. The molecule has 88 valence electrons. The highest BCUT2D eigenvalue weighted by molar-refractivity contribution is 5.71. The Hall–Kier alpha value is -1.55. The highest BCUT2D eigenvalue weighted by atomic mass is 16.5. The summed E-state index contributed by atoms with van der Waals surface area (Å²) in [5.74, 6) is 0.829. The lowest BCUT2D eigenvalue weighted by atomic mass is 10.3. The highest BCUT2D eigenvalue weighted by Gasteiger charge is 1.95. The summed E-state index contributed by atoms with van der Waals surface area (Å²) in [6.07, 6.45) is 1.66. The lowest BCUT2D eigenvalue weighted by molar-refractivity contribution is -0.105. The summed E-state index contributed by atoms with van der Waals surface area (Å²) in [5, 5.41) is 2.57. The monoisotopic (exact) mass is 222 g/mol. The quantitative estimate of drug-likeness (QED) is 0.562. The van der Waals surface area contributed by atoms with Gasteiger partial charge in [-0.1, -0.05) is 0 Å². The molecule has 0 saturated carbocycles. The third kappa shape index (κ3) is 4.79. The van der Waals surface area contributed by atoms with Gasteiger partial charge in [-0.3, -0.25) is 4.79 Å². The minimum absolute atomic E-state index is 0.660. The molecule has 0 heterocycles. The molecule has 0 spiro atoms. The van der Waals surface area contributed by atoms with Gasteiger partial charge in [0.05, 0.1) is 6.61 Å². The first-order chi connectivity index (χ1) is 7.72. The van der Waals surface area contributed by atoms with Crippen LogP contribution in [0.1, 0.15) is 6.42 Å². The van der Waals surface area contributed by atoms with Crippen molar-refractivity contribution in [1.29, 1.82) is 0 Å². The van der Waals surface area contributed by atoms with E-state index in [1.165, 1.54) is 0 Å². The van der Waals surface area contributed by atoms with Crippen molar-refractivity contribution in [3.05, 3.63) is 24.3 Å². The summed E-state index contributed by atoms with van der Waals surface area (Å²) >= 11 is 0. The van der Waals surface area contributed by atoms with Gasteiger partial charge in [0.25, 0.3) is 0 Å². The third-order valence-electron chi connectivity index (χ3n) is 2.10. The predicted octanol–water partition coefficient (Wildman–Crippen LogP) is 1.59. The number of benzene rings is 1. The van der Waals surface area contributed by atoms with Gasteiger partial charge in [0.2, 0.25) is 6.41 Å². The number of ether oxygens (including phenoxy) is 1. The van der Waals surface area contributed by atoms with Crippen molar-refractivity contribution in [1.82, 2.24) is 4.90 Å². The van der Waals surface area contributed by atoms with Gasteiger partial charge in [-0.25, -0.2) is 0 Å². The van der Waals surface area contributed by atoms with Crippen LogP contribution in [0.3, 0.4) is 0 Å². The SMILES string of the molecule is CN(C)CCCOc1ccc(NC=O)cc1. The van der Waals surface area contributed by atoms with E-state index in [0.29, 0.717) is 13.0 Å². The van der Waals surface area contributed by atoms with Crippen LogP contribution >= 0.6 is 0 Å². The third-order valence-corrected chi connectivity index (χ3v) is 2.10. The average Bonchev–Trinajstić information content (AvgIpc) is 2.27. The maximum Gasteiger partial charge on any atom is 0.211 e. The van der Waals surface area contributed by atoms with Crippen molar-refractivity contribution in [2.24, 2.45) is 0 Å². The van der Waals surface area contributed by atoms with E-state index in [-0.39, 0.29) is 0 Å². The van der Waals surface area contributed by atoms with Crippen molar-refractivity contribution < 1.29 is 9.53 Å². The summed E-state index contributed by atoms with van der Waals surface area (Å²) in [4.78, 5) is 12.3. The number of hydrogen-bond acceptors (Lipinski definition) is 3. The molecule has 1 amide bonds. The minimum Gasteiger partial charge on any atom is -0.494 e. The summed E-state index contributed by atoms with van der Waals surface area (Å²) < 4.78 is 5.55. The van der Waals surface area contributed by atoms with E-state index in [4.69, 9.17) is 4.74 Å². The Morgan fingerprint density at radius 1 is 1.31 bits per heavy atom. The fraction of sp³-hybridized carbons (Fsp3) is 0.417. The van der Waals surface area contributed by atoms with E-state index in [9.17, 15) is 4.79 Å². The first-order valence-electron chi connectivity index (χ1n) is 5.30. The van der Waals surface area contributed by atoms with Gasteiger partial charge in [0.15, 0.2) is 0 Å². The van der Waals surface area contributed by atoms with Crippen molar-refractivity contribution >= 4 is 12.1 Å². The predicted molar refractivity (Wildman–Crippen MR) is 64.8 cm³/mol. The van der Waals surface area contributed by atoms with Crippen molar-refractivity contribution in [3.63, 3.8) is 0 Å². The second-order valence-corrected chi connectivity index (χ2v) is 3.79. The standard InChI is InChI=1S/C12H18N2O2/c1-14(2)8-3-9-16-12-6-4-11(5-7-12)13-10-15/h4-7,10H,3,8-9H2,1-2H3,(H,13,15). The molecule has 0 unspecified atom stereocenters. The first kappa shape index (κ1) is 12.5. The number of hydrogen-bond donors (Lipinski definition) is 1. The lowest BCUT2D eigenvalue weighted by Crippen LogP contribution is -2.15. The molecule has 0 atom stereocenters. The fourth-order valence-electron chi connectivity index (χ4n) is 1.29. The van der Waals surface area contributed by atoms with Gasteiger partial charge in [0, 0.05) is 12.2 Å². The van der Waals surface area contributed by atoms with Crippen LogP contribution in [0.4, 0.5) is 5.69 Å². The number of amides is 1. The fourth-order valence-corrected chi connectivity index (χ4v) is 1.29. The van der Waals surface area contributed by atoms with E-state index < -0.39 is 0 Å². The molecule has 4 nitrogen and oxygen atoms in total. The van der Waals surface area contributed by atoms with E-state index >= 15 is 0 Å². The molecular weight excluding hydrogens is 204 g/mol. The van der Waals surface area contributed by atoms with Crippen LogP contribution < -0.4 is 10.1 Å². The molecule has 1 N–H and O–H groups in total. The van der Waals surface area contributed by atoms with Crippen molar-refractivity contribution in [2.45, 2.75) is 6.42 Å². The molecule has 0 bridgehead atoms. The Labute approximate surface area is 96.2 Å². The first-order valence-corrected chi connectivity index (χ1v) is 5.30. The van der Waals surface area contributed by atoms with Gasteiger partial charge < -0.3 is 15.0 Å². The maximum absolute atomic E-state index is 10.2. The zero-order valence-electron chi connectivity index (χ0n) is 9.77. The second kappa shape index (κ2) is 6.85. The summed E-state index contributed by atoms with van der Waals surface area (Å²) in [5.41, 5.74) is 0.774. The topological polar surface area (TPSA) is 41.6 Å². The number of carbonyl (C=O) groups is 1. The normalized spacial score (nSPS) is 10.2. The summed E-state index contributed by atoms with van der Waals surface area (Å²) in [6, 6.07) is 7.33. The number of nitrogens with one attached hydrogen (secondary N) is 1. The number of nitrogens with zero attached hydrogens (tertiary/aromatic N) is 1. The molecule has 0 aliphatic heterocycles. The van der Waals surface area contributed by atoms with Crippen LogP contribution in [0.5, 0.6) is 5.75 Å². The molecule has 0 radical (unpaired) electrons. The number of anilines is 1. The number of rotatable bonds is 7. The Morgan fingerprint density at radius 3 is 2.56 bits per heavy atom. The minimum atomic E-state index is 0.660. The zero-order chi connectivity index (χ0) is 11.8. The van der Waals surface area contributed by atoms with Crippen LogP contribution in [0.25, 0.3) is 0 Å². The Kier molecular flexibility index (Phi) is 5.36. The molecule has 0 saturated heterocycles. The van der Waals surface area contributed by atoms with Gasteiger partial charge in [-0.2, -0.15) is 0 Å². The smallest absolute Gasteiger partial charge is 0.211 e. The van der Waals surface area contributed by atoms with Crippen LogP contribution in [0.2, 0.25) is 0 Å². The second-order valence-electron chi connectivity index (χ2n) is 3.79. The molecule has 0 aromatic heterocycles. The van der Waals surface area contributed by atoms with Crippen LogP contribution in [-0.4, -0.2) is 38.6 Å². The summed E-state index contributed by atoms with van der Waals surface area (Å²) in [6.45, 7) is 1.73. The zero-order valence-corrected chi connectivity index (χ0v) is 9.77. The molecule has 0 fully saturated rings. The van der Waals surface area contributed by atoms with Crippen LogP contribution in [0, 0.1) is 0 Å². The Bertz CT molecular complexity index is 309. The van der Waals surface area contributed by atoms with Gasteiger partial charge in [-0.05, 0) is 44.8 Å². The van der Waals surface area contributed by atoms with E-state index in [0.717, 1.165) is 24.4 Å². The van der Waals surface area contributed by atoms with E-state index in [1.54, 1.807) is 0 Å². The molecule has 1 aromatic rings. The van der Waals surface area contributed by atoms with E-state index in [1.807, 2.05) is 38.4 Å². The molecule has 1 rings (SSSR count). The molecular formula is C12H18N2O2. The molecule has 16 heavy (non-hydrogen) atoms.